The summed E-state index contributed by atoms with van der Waals surface area (Å²) in [7, 11) is 0. The van der Waals surface area contributed by atoms with Crippen LogP contribution in [-0.4, -0.2) is 11.2 Å². The third-order valence-electron chi connectivity index (χ3n) is 2.71. The van der Waals surface area contributed by atoms with Crippen molar-refractivity contribution < 1.29 is 9.50 Å². The Balaban J connectivity index is 2.56. The van der Waals surface area contributed by atoms with Gasteiger partial charge in [0, 0.05) is 6.42 Å². The van der Waals surface area contributed by atoms with Gasteiger partial charge in [0.25, 0.3) is 0 Å². The molecule has 0 bridgehead atoms. The Morgan fingerprint density at radius 1 is 1.35 bits per heavy atom. The van der Waals surface area contributed by atoms with E-state index in [2.05, 4.69) is 20.8 Å². The molecule has 0 radical (unpaired) electrons. The van der Waals surface area contributed by atoms with E-state index >= 15 is 0 Å². The van der Waals surface area contributed by atoms with Crippen molar-refractivity contribution in [1.29, 1.82) is 0 Å². The fraction of sp³-hybridized carbons (Fsp3) is 0.571. The van der Waals surface area contributed by atoms with Crippen molar-refractivity contribution in [3.8, 4) is 0 Å². The van der Waals surface area contributed by atoms with Gasteiger partial charge in [-0.3, -0.25) is 0 Å². The van der Waals surface area contributed by atoms with E-state index in [9.17, 15) is 9.50 Å². The fourth-order valence-corrected chi connectivity index (χ4v) is 1.86. The van der Waals surface area contributed by atoms with Crippen molar-refractivity contribution in [2.24, 2.45) is 5.41 Å². The normalized spacial score (nSPS) is 13.8. The van der Waals surface area contributed by atoms with E-state index in [1.54, 1.807) is 12.1 Å². The second-order valence-electron chi connectivity index (χ2n) is 5.67. The number of benzene rings is 1. The van der Waals surface area contributed by atoms with Crippen molar-refractivity contribution in [2.45, 2.75) is 46.1 Å². The highest BCUT2D eigenvalue weighted by molar-refractivity contribution is 6.30. The predicted octanol–water partition coefficient (Wildman–Crippen LogP) is 4.21. The minimum Gasteiger partial charge on any atom is -0.393 e. The molecule has 1 rings (SSSR count). The van der Waals surface area contributed by atoms with Crippen LogP contribution in [0.4, 0.5) is 4.39 Å². The Kier molecular flexibility index (Phi) is 4.96. The van der Waals surface area contributed by atoms with Gasteiger partial charge in [0.2, 0.25) is 0 Å². The van der Waals surface area contributed by atoms with Gasteiger partial charge in [-0.2, -0.15) is 0 Å². The van der Waals surface area contributed by atoms with Gasteiger partial charge in [-0.15, -0.1) is 0 Å². The third-order valence-corrected chi connectivity index (χ3v) is 3.01. The van der Waals surface area contributed by atoms with E-state index in [1.165, 1.54) is 6.07 Å². The lowest BCUT2D eigenvalue weighted by Crippen LogP contribution is -2.16. The van der Waals surface area contributed by atoms with Crippen LogP contribution >= 0.6 is 11.6 Å². The van der Waals surface area contributed by atoms with Crippen molar-refractivity contribution in [1.82, 2.24) is 0 Å². The number of aliphatic hydroxyl groups is 1. The number of hydrogen-bond donors (Lipinski definition) is 1. The van der Waals surface area contributed by atoms with Gasteiger partial charge in [0.15, 0.2) is 0 Å². The zero-order valence-electron chi connectivity index (χ0n) is 10.6. The molecular weight excluding hydrogens is 239 g/mol. The molecular formula is C14H20ClFO. The molecule has 1 nitrogen and oxygen atoms in total. The maximum absolute atomic E-state index is 13.6. The van der Waals surface area contributed by atoms with Crippen LogP contribution in [0.1, 0.15) is 39.2 Å². The maximum Gasteiger partial charge on any atom is 0.145 e. The number of aliphatic hydroxyl groups excluding tert-OH is 1. The van der Waals surface area contributed by atoms with Crippen LogP contribution in [0, 0.1) is 11.2 Å². The predicted molar refractivity (Wildman–Crippen MR) is 69.8 cm³/mol. The molecule has 0 aliphatic rings. The first-order chi connectivity index (χ1) is 7.79. The second kappa shape index (κ2) is 5.83. The summed E-state index contributed by atoms with van der Waals surface area (Å²) >= 11 is 5.69. The Bertz CT molecular complexity index is 371. The molecule has 0 aromatic heterocycles. The molecule has 1 N–H and O–H groups in total. The highest BCUT2D eigenvalue weighted by atomic mass is 35.5. The largest absolute Gasteiger partial charge is 0.393 e. The van der Waals surface area contributed by atoms with Gasteiger partial charge in [0.05, 0.1) is 11.1 Å². The molecule has 0 aliphatic carbocycles. The average Bonchev–Trinajstić information content (AvgIpc) is 2.21. The Hall–Kier alpha value is -0.600. The van der Waals surface area contributed by atoms with E-state index in [4.69, 9.17) is 11.6 Å². The van der Waals surface area contributed by atoms with E-state index < -0.39 is 11.9 Å². The number of halogens is 2. The summed E-state index contributed by atoms with van der Waals surface area (Å²) < 4.78 is 13.6. The van der Waals surface area contributed by atoms with E-state index in [1.807, 2.05) is 0 Å². The molecule has 0 saturated carbocycles. The first kappa shape index (κ1) is 14.5. The van der Waals surface area contributed by atoms with Gasteiger partial charge in [-0.25, -0.2) is 4.39 Å². The summed E-state index contributed by atoms with van der Waals surface area (Å²) in [5, 5.41) is 9.99. The standard InChI is InChI=1S/C14H20ClFO/c1-14(2,3)8-7-11(17)9-10-5-4-6-12(15)13(10)16/h4-6,11,17H,7-9H2,1-3H3. The summed E-state index contributed by atoms with van der Waals surface area (Å²) in [4.78, 5) is 0. The van der Waals surface area contributed by atoms with Crippen molar-refractivity contribution in [2.75, 3.05) is 0 Å². The average molecular weight is 259 g/mol. The van der Waals surface area contributed by atoms with Crippen molar-refractivity contribution >= 4 is 11.6 Å². The molecule has 0 aliphatic heterocycles. The molecule has 1 unspecified atom stereocenters. The molecule has 0 spiro atoms. The van der Waals surface area contributed by atoms with Gasteiger partial charge in [-0.05, 0) is 29.9 Å². The van der Waals surface area contributed by atoms with Crippen LogP contribution in [0.2, 0.25) is 5.02 Å². The van der Waals surface area contributed by atoms with Crippen LogP contribution in [0.15, 0.2) is 18.2 Å². The first-order valence-electron chi connectivity index (χ1n) is 5.90. The summed E-state index contributed by atoms with van der Waals surface area (Å²) in [5.74, 6) is -0.413. The van der Waals surface area contributed by atoms with Gasteiger partial charge < -0.3 is 5.11 Å². The third kappa shape index (κ3) is 5.05. The smallest absolute Gasteiger partial charge is 0.145 e. The molecule has 0 heterocycles. The van der Waals surface area contributed by atoms with Gasteiger partial charge in [-0.1, -0.05) is 44.5 Å². The fourth-order valence-electron chi connectivity index (χ4n) is 1.66. The summed E-state index contributed by atoms with van der Waals surface area (Å²) in [6.45, 7) is 6.37. The quantitative estimate of drug-likeness (QED) is 0.858. The van der Waals surface area contributed by atoms with Crippen LogP contribution in [0.5, 0.6) is 0 Å². The maximum atomic E-state index is 13.6. The molecule has 96 valence electrons. The summed E-state index contributed by atoms with van der Waals surface area (Å²) in [6, 6.07) is 4.89. The van der Waals surface area contributed by atoms with Crippen LogP contribution in [0.3, 0.4) is 0 Å². The Morgan fingerprint density at radius 2 is 2.00 bits per heavy atom. The number of rotatable bonds is 4. The lowest BCUT2D eigenvalue weighted by atomic mass is 9.88. The lowest BCUT2D eigenvalue weighted by Gasteiger charge is -2.20. The zero-order chi connectivity index (χ0) is 13.1. The summed E-state index contributed by atoms with van der Waals surface area (Å²) in [6.07, 6.45) is 1.40. The first-order valence-corrected chi connectivity index (χ1v) is 6.28. The molecule has 1 atom stereocenters. The molecule has 1 aromatic rings. The Labute approximate surface area is 108 Å². The van der Waals surface area contributed by atoms with E-state index in [0.717, 1.165) is 6.42 Å². The van der Waals surface area contributed by atoms with Gasteiger partial charge in [0.1, 0.15) is 5.82 Å². The topological polar surface area (TPSA) is 20.2 Å². The lowest BCUT2D eigenvalue weighted by molar-refractivity contribution is 0.145. The second-order valence-corrected chi connectivity index (χ2v) is 6.08. The highest BCUT2D eigenvalue weighted by Gasteiger charge is 2.15. The van der Waals surface area contributed by atoms with E-state index in [-0.39, 0.29) is 10.4 Å². The molecule has 17 heavy (non-hydrogen) atoms. The van der Waals surface area contributed by atoms with Gasteiger partial charge >= 0.3 is 0 Å². The minimum atomic E-state index is -0.512. The zero-order valence-corrected chi connectivity index (χ0v) is 11.4. The van der Waals surface area contributed by atoms with Crippen LogP contribution < -0.4 is 0 Å². The monoisotopic (exact) mass is 258 g/mol. The highest BCUT2D eigenvalue weighted by Crippen LogP contribution is 2.24. The van der Waals surface area contributed by atoms with Crippen molar-refractivity contribution in [3.63, 3.8) is 0 Å². The van der Waals surface area contributed by atoms with Crippen LogP contribution in [-0.2, 0) is 6.42 Å². The number of hydrogen-bond acceptors (Lipinski definition) is 1. The SMILES string of the molecule is CC(C)(C)CCC(O)Cc1cccc(Cl)c1F. The molecule has 0 saturated heterocycles. The molecule has 3 heteroatoms. The summed E-state index contributed by atoms with van der Waals surface area (Å²) in [5.41, 5.74) is 0.673. The molecule has 1 aromatic carbocycles. The minimum absolute atomic E-state index is 0.116. The van der Waals surface area contributed by atoms with Crippen LogP contribution in [0.25, 0.3) is 0 Å². The van der Waals surface area contributed by atoms with Crippen molar-refractivity contribution in [3.05, 3.63) is 34.6 Å². The Morgan fingerprint density at radius 3 is 2.59 bits per heavy atom. The molecule has 0 fully saturated rings. The molecule has 0 amide bonds. The van der Waals surface area contributed by atoms with E-state index in [0.29, 0.717) is 18.4 Å².